The summed E-state index contributed by atoms with van der Waals surface area (Å²) in [6, 6.07) is 8.12. The standard InChI is InChI=1S/C28H27F3N4O4/c1-15(2)38-17-4-5-18(20(29)10-17)19-11-33-26-24(19)23(6-7-32-26)39-25-21(30)8-16(9-22(25)31)35-27-34-12-28(3,13-36)14-37-27/h4-11,15,36H,12-14H2,1-3H3,(H,32,33)(H,34,35)/t28-/m1/s1. The fourth-order valence-corrected chi connectivity index (χ4v) is 4.11. The summed E-state index contributed by atoms with van der Waals surface area (Å²) < 4.78 is 62.0. The van der Waals surface area contributed by atoms with Crippen LogP contribution in [-0.4, -0.2) is 47.0 Å². The van der Waals surface area contributed by atoms with Crippen molar-refractivity contribution in [1.82, 2.24) is 9.97 Å². The van der Waals surface area contributed by atoms with Crippen molar-refractivity contribution < 1.29 is 32.5 Å². The van der Waals surface area contributed by atoms with Gasteiger partial charge in [-0.25, -0.2) is 23.1 Å². The Morgan fingerprint density at radius 2 is 1.87 bits per heavy atom. The fraction of sp³-hybridized carbons (Fsp3) is 0.286. The Labute approximate surface area is 222 Å². The molecule has 0 unspecified atom stereocenters. The molecule has 1 atom stereocenters. The molecule has 39 heavy (non-hydrogen) atoms. The van der Waals surface area contributed by atoms with Gasteiger partial charge in [0.15, 0.2) is 17.4 Å². The summed E-state index contributed by atoms with van der Waals surface area (Å²) >= 11 is 0. The van der Waals surface area contributed by atoms with Gasteiger partial charge in [-0.15, -0.1) is 0 Å². The fourth-order valence-electron chi connectivity index (χ4n) is 4.11. The van der Waals surface area contributed by atoms with Crippen molar-refractivity contribution in [2.75, 3.05) is 25.1 Å². The highest BCUT2D eigenvalue weighted by atomic mass is 19.1. The largest absolute Gasteiger partial charge is 0.491 e. The van der Waals surface area contributed by atoms with E-state index in [1.807, 2.05) is 20.8 Å². The van der Waals surface area contributed by atoms with Crippen molar-refractivity contribution in [1.29, 1.82) is 0 Å². The molecule has 1 aliphatic rings. The molecule has 0 fully saturated rings. The van der Waals surface area contributed by atoms with E-state index in [0.29, 0.717) is 28.9 Å². The summed E-state index contributed by atoms with van der Waals surface area (Å²) in [7, 11) is 0. The van der Waals surface area contributed by atoms with Crippen LogP contribution in [0.5, 0.6) is 17.2 Å². The van der Waals surface area contributed by atoms with E-state index in [1.165, 1.54) is 18.3 Å². The van der Waals surface area contributed by atoms with Gasteiger partial charge < -0.3 is 29.6 Å². The Balaban J connectivity index is 1.44. The number of anilines is 1. The zero-order valence-corrected chi connectivity index (χ0v) is 21.5. The van der Waals surface area contributed by atoms with Crippen LogP contribution in [0.3, 0.4) is 0 Å². The molecular formula is C28H27F3N4O4. The first-order valence-electron chi connectivity index (χ1n) is 12.3. The number of nitrogens with zero attached hydrogens (tertiary/aromatic N) is 2. The Morgan fingerprint density at radius 3 is 2.51 bits per heavy atom. The lowest BCUT2D eigenvalue weighted by Gasteiger charge is -2.30. The van der Waals surface area contributed by atoms with Crippen molar-refractivity contribution >= 4 is 22.7 Å². The molecule has 204 valence electrons. The molecule has 0 saturated carbocycles. The van der Waals surface area contributed by atoms with E-state index < -0.39 is 28.6 Å². The Bertz CT molecular complexity index is 1530. The predicted octanol–water partition coefficient (Wildman–Crippen LogP) is 6.02. The minimum atomic E-state index is -0.975. The number of aliphatic imine (C=N–C) groups is 1. The van der Waals surface area contributed by atoms with E-state index in [2.05, 4.69) is 20.3 Å². The number of aliphatic hydroxyl groups is 1. The highest BCUT2D eigenvalue weighted by molar-refractivity contribution is 5.98. The van der Waals surface area contributed by atoms with Crippen LogP contribution < -0.4 is 14.8 Å². The number of aromatic nitrogens is 2. The number of amidine groups is 1. The summed E-state index contributed by atoms with van der Waals surface area (Å²) in [6.45, 7) is 5.89. The molecule has 2 aromatic heterocycles. The second kappa shape index (κ2) is 10.5. The van der Waals surface area contributed by atoms with Gasteiger partial charge in [-0.3, -0.25) is 0 Å². The average molecular weight is 541 g/mol. The van der Waals surface area contributed by atoms with Crippen LogP contribution in [-0.2, 0) is 4.74 Å². The van der Waals surface area contributed by atoms with Crippen LogP contribution in [0, 0.1) is 22.9 Å². The number of hydrogen-bond donors (Lipinski definition) is 3. The number of halogens is 3. The highest BCUT2D eigenvalue weighted by Crippen LogP contribution is 2.40. The molecule has 0 aliphatic carbocycles. The number of ether oxygens (including phenoxy) is 3. The van der Waals surface area contributed by atoms with Crippen molar-refractivity contribution in [2.45, 2.75) is 26.9 Å². The van der Waals surface area contributed by atoms with Gasteiger partial charge in [0.05, 0.1) is 24.6 Å². The normalized spacial score (nSPS) is 17.2. The molecule has 0 radical (unpaired) electrons. The van der Waals surface area contributed by atoms with Gasteiger partial charge in [-0.1, -0.05) is 6.92 Å². The smallest absolute Gasteiger partial charge is 0.289 e. The molecular weight excluding hydrogens is 513 g/mol. The van der Waals surface area contributed by atoms with Gasteiger partial charge in [0.2, 0.25) is 0 Å². The Kier molecular flexibility index (Phi) is 7.09. The maximum Gasteiger partial charge on any atom is 0.289 e. The maximum absolute atomic E-state index is 15.1. The topological polar surface area (TPSA) is 101 Å². The number of aromatic amines is 1. The van der Waals surface area contributed by atoms with E-state index in [1.54, 1.807) is 18.3 Å². The summed E-state index contributed by atoms with van der Waals surface area (Å²) in [5, 5.41) is 12.5. The average Bonchev–Trinajstić information content (AvgIpc) is 3.32. The quantitative estimate of drug-likeness (QED) is 0.265. The van der Waals surface area contributed by atoms with E-state index >= 15 is 13.2 Å². The number of pyridine rings is 1. The number of hydrogen-bond acceptors (Lipinski definition) is 7. The third-order valence-electron chi connectivity index (χ3n) is 6.14. The number of aliphatic hydroxyl groups excluding tert-OH is 1. The summed E-state index contributed by atoms with van der Waals surface area (Å²) in [5.74, 6) is -2.66. The Hall–Kier alpha value is -4.25. The molecule has 0 spiro atoms. The van der Waals surface area contributed by atoms with E-state index in [-0.39, 0.29) is 42.3 Å². The Morgan fingerprint density at radius 1 is 1.10 bits per heavy atom. The zero-order valence-electron chi connectivity index (χ0n) is 21.5. The second-order valence-corrected chi connectivity index (χ2v) is 9.92. The monoisotopic (exact) mass is 540 g/mol. The van der Waals surface area contributed by atoms with Crippen LogP contribution in [0.25, 0.3) is 22.2 Å². The molecule has 1 aliphatic heterocycles. The first kappa shape index (κ1) is 26.4. The molecule has 0 saturated heterocycles. The lowest BCUT2D eigenvalue weighted by Crippen LogP contribution is -2.38. The SMILES string of the molecule is CC(C)Oc1ccc(-c2c[nH]c3nccc(Oc4c(F)cc(NC5=NC[C@](C)(CO)CO5)cc4F)c23)c(F)c1. The van der Waals surface area contributed by atoms with Gasteiger partial charge >= 0.3 is 0 Å². The lowest BCUT2D eigenvalue weighted by molar-refractivity contribution is 0.0706. The van der Waals surface area contributed by atoms with Gasteiger partial charge in [0.1, 0.15) is 29.6 Å². The number of rotatable bonds is 7. The van der Waals surface area contributed by atoms with Crippen LogP contribution in [0.1, 0.15) is 20.8 Å². The van der Waals surface area contributed by atoms with Crippen LogP contribution >= 0.6 is 0 Å². The summed E-state index contributed by atoms with van der Waals surface area (Å²) in [6.07, 6.45) is 2.85. The first-order chi connectivity index (χ1) is 18.7. The van der Waals surface area contributed by atoms with Crippen molar-refractivity contribution in [2.24, 2.45) is 10.4 Å². The minimum absolute atomic E-state index is 0.0664. The minimum Gasteiger partial charge on any atom is -0.491 e. The third kappa shape index (κ3) is 5.49. The molecule has 3 N–H and O–H groups in total. The first-order valence-corrected chi connectivity index (χ1v) is 12.3. The summed E-state index contributed by atoms with van der Waals surface area (Å²) in [4.78, 5) is 11.4. The number of fused-ring (bicyclic) bond motifs is 1. The van der Waals surface area contributed by atoms with E-state index in [0.717, 1.165) is 12.1 Å². The summed E-state index contributed by atoms with van der Waals surface area (Å²) in [5.41, 5.74) is 0.547. The second-order valence-electron chi connectivity index (χ2n) is 9.92. The van der Waals surface area contributed by atoms with E-state index in [9.17, 15) is 5.11 Å². The van der Waals surface area contributed by atoms with Crippen molar-refractivity contribution in [3.63, 3.8) is 0 Å². The van der Waals surface area contributed by atoms with Crippen LogP contribution in [0.2, 0.25) is 0 Å². The third-order valence-corrected chi connectivity index (χ3v) is 6.14. The molecule has 3 heterocycles. The van der Waals surface area contributed by atoms with Gasteiger partial charge in [0.25, 0.3) is 6.02 Å². The predicted molar refractivity (Wildman–Crippen MR) is 141 cm³/mol. The molecule has 11 heteroatoms. The van der Waals surface area contributed by atoms with Crippen LogP contribution in [0.15, 0.2) is 53.8 Å². The highest BCUT2D eigenvalue weighted by Gasteiger charge is 2.29. The lowest BCUT2D eigenvalue weighted by atomic mass is 9.93. The molecule has 4 aromatic rings. The van der Waals surface area contributed by atoms with Crippen molar-refractivity contribution in [3.05, 3.63) is 66.2 Å². The molecule has 0 amide bonds. The van der Waals surface area contributed by atoms with Gasteiger partial charge in [-0.05, 0) is 32.0 Å². The number of benzene rings is 2. The molecule has 2 aromatic carbocycles. The van der Waals surface area contributed by atoms with E-state index in [4.69, 9.17) is 14.2 Å². The maximum atomic E-state index is 15.1. The zero-order chi connectivity index (χ0) is 27.7. The van der Waals surface area contributed by atoms with Gasteiger partial charge in [0, 0.05) is 52.8 Å². The number of nitrogens with one attached hydrogen (secondary N) is 2. The van der Waals surface area contributed by atoms with Crippen LogP contribution in [0.4, 0.5) is 18.9 Å². The molecule has 5 rings (SSSR count). The molecule has 8 nitrogen and oxygen atoms in total. The van der Waals surface area contributed by atoms with Crippen molar-refractivity contribution in [3.8, 4) is 28.4 Å². The molecule has 0 bridgehead atoms. The van der Waals surface area contributed by atoms with Gasteiger partial charge in [-0.2, -0.15) is 0 Å². The number of H-pyrrole nitrogens is 1.